The van der Waals surface area contributed by atoms with Gasteiger partial charge in [-0.2, -0.15) is 0 Å². The van der Waals surface area contributed by atoms with Crippen molar-refractivity contribution >= 4 is 0 Å². The maximum atomic E-state index is 13.7. The van der Waals surface area contributed by atoms with Crippen LogP contribution in [0.15, 0.2) is 42.5 Å². The van der Waals surface area contributed by atoms with Crippen LogP contribution in [0.5, 0.6) is 11.5 Å². The quantitative estimate of drug-likeness (QED) is 0.725. The number of ether oxygens (including phenoxy) is 2. The van der Waals surface area contributed by atoms with Gasteiger partial charge in [0.05, 0.1) is 13.2 Å². The Morgan fingerprint density at radius 3 is 2.56 bits per heavy atom. The lowest BCUT2D eigenvalue weighted by Crippen LogP contribution is -2.16. The number of nitrogens with two attached hydrogens (primary N) is 1. The number of hydrogen-bond acceptors (Lipinski definition) is 3. The summed E-state index contributed by atoms with van der Waals surface area (Å²) in [4.78, 5) is 0. The first-order chi connectivity index (χ1) is 12.0. The van der Waals surface area contributed by atoms with Crippen molar-refractivity contribution in [2.24, 2.45) is 11.7 Å². The SMILES string of the molecule is CCOc1ccc(F)cc1C(CN)Cc1cccc(OCC(C)C)c1. The van der Waals surface area contributed by atoms with E-state index in [0.29, 0.717) is 37.8 Å². The summed E-state index contributed by atoms with van der Waals surface area (Å²) in [6, 6.07) is 12.6. The van der Waals surface area contributed by atoms with Gasteiger partial charge in [-0.05, 0) is 61.7 Å². The average molecular weight is 345 g/mol. The van der Waals surface area contributed by atoms with Gasteiger partial charge in [-0.1, -0.05) is 26.0 Å². The normalized spacial score (nSPS) is 12.2. The molecule has 0 bridgehead atoms. The van der Waals surface area contributed by atoms with Crippen LogP contribution in [-0.4, -0.2) is 19.8 Å². The van der Waals surface area contributed by atoms with E-state index in [1.165, 1.54) is 12.1 Å². The average Bonchev–Trinajstić information content (AvgIpc) is 2.60. The second-order valence-electron chi connectivity index (χ2n) is 6.60. The van der Waals surface area contributed by atoms with Crippen LogP contribution in [0.4, 0.5) is 4.39 Å². The predicted octanol–water partition coefficient (Wildman–Crippen LogP) is 4.54. The minimum Gasteiger partial charge on any atom is -0.494 e. The Kier molecular flexibility index (Phi) is 7.26. The molecule has 0 heterocycles. The Labute approximate surface area is 150 Å². The second kappa shape index (κ2) is 9.42. The van der Waals surface area contributed by atoms with Gasteiger partial charge in [-0.3, -0.25) is 0 Å². The summed E-state index contributed by atoms with van der Waals surface area (Å²) in [7, 11) is 0. The smallest absolute Gasteiger partial charge is 0.123 e. The van der Waals surface area contributed by atoms with Crippen LogP contribution in [0.2, 0.25) is 0 Å². The fourth-order valence-electron chi connectivity index (χ4n) is 2.76. The van der Waals surface area contributed by atoms with Crippen molar-refractivity contribution in [3.05, 3.63) is 59.4 Å². The molecule has 1 atom stereocenters. The van der Waals surface area contributed by atoms with E-state index in [2.05, 4.69) is 13.8 Å². The van der Waals surface area contributed by atoms with E-state index in [0.717, 1.165) is 16.9 Å². The first-order valence-electron chi connectivity index (χ1n) is 8.87. The zero-order chi connectivity index (χ0) is 18.2. The Morgan fingerprint density at radius 2 is 1.88 bits per heavy atom. The Morgan fingerprint density at radius 1 is 1.08 bits per heavy atom. The molecule has 0 spiro atoms. The van der Waals surface area contributed by atoms with Gasteiger partial charge in [0.1, 0.15) is 17.3 Å². The third-order valence-corrected chi connectivity index (χ3v) is 3.96. The molecule has 136 valence electrons. The summed E-state index contributed by atoms with van der Waals surface area (Å²) < 4.78 is 25.2. The molecule has 2 aromatic carbocycles. The summed E-state index contributed by atoms with van der Waals surface area (Å²) in [6.45, 7) is 7.79. The van der Waals surface area contributed by atoms with Crippen molar-refractivity contribution in [2.45, 2.75) is 33.1 Å². The maximum absolute atomic E-state index is 13.7. The van der Waals surface area contributed by atoms with E-state index < -0.39 is 0 Å². The van der Waals surface area contributed by atoms with Crippen LogP contribution >= 0.6 is 0 Å². The Hall–Kier alpha value is -2.07. The van der Waals surface area contributed by atoms with Crippen molar-refractivity contribution in [1.82, 2.24) is 0 Å². The number of hydrogen-bond donors (Lipinski definition) is 1. The molecule has 3 nitrogen and oxygen atoms in total. The highest BCUT2D eigenvalue weighted by Gasteiger charge is 2.17. The summed E-state index contributed by atoms with van der Waals surface area (Å²) in [5, 5.41) is 0. The molecule has 4 heteroatoms. The van der Waals surface area contributed by atoms with E-state index in [4.69, 9.17) is 15.2 Å². The third-order valence-electron chi connectivity index (χ3n) is 3.96. The second-order valence-corrected chi connectivity index (χ2v) is 6.60. The molecule has 0 saturated carbocycles. The summed E-state index contributed by atoms with van der Waals surface area (Å²) in [5.74, 6) is 1.74. The van der Waals surface area contributed by atoms with Crippen molar-refractivity contribution in [3.8, 4) is 11.5 Å². The first kappa shape index (κ1) is 19.3. The van der Waals surface area contributed by atoms with E-state index >= 15 is 0 Å². The van der Waals surface area contributed by atoms with Crippen molar-refractivity contribution < 1.29 is 13.9 Å². The van der Waals surface area contributed by atoms with Crippen LogP contribution in [0.25, 0.3) is 0 Å². The molecule has 0 saturated heterocycles. The molecule has 0 amide bonds. The van der Waals surface area contributed by atoms with Crippen molar-refractivity contribution in [2.75, 3.05) is 19.8 Å². The number of benzene rings is 2. The molecule has 25 heavy (non-hydrogen) atoms. The molecular formula is C21H28FNO2. The monoisotopic (exact) mass is 345 g/mol. The predicted molar refractivity (Wildman–Crippen MR) is 99.8 cm³/mol. The molecule has 0 aromatic heterocycles. The van der Waals surface area contributed by atoms with Gasteiger partial charge in [0, 0.05) is 11.5 Å². The van der Waals surface area contributed by atoms with Crippen LogP contribution in [0, 0.1) is 11.7 Å². The molecule has 2 N–H and O–H groups in total. The molecule has 0 fully saturated rings. The van der Waals surface area contributed by atoms with Crippen LogP contribution in [0.1, 0.15) is 37.8 Å². The lowest BCUT2D eigenvalue weighted by molar-refractivity contribution is 0.271. The van der Waals surface area contributed by atoms with Crippen molar-refractivity contribution in [1.29, 1.82) is 0 Å². The van der Waals surface area contributed by atoms with Gasteiger partial charge in [-0.25, -0.2) is 4.39 Å². The van der Waals surface area contributed by atoms with Crippen LogP contribution in [-0.2, 0) is 6.42 Å². The fourth-order valence-corrected chi connectivity index (χ4v) is 2.76. The van der Waals surface area contributed by atoms with Gasteiger partial charge >= 0.3 is 0 Å². The Bertz CT molecular complexity index is 673. The fraction of sp³-hybridized carbons (Fsp3) is 0.429. The highest BCUT2D eigenvalue weighted by Crippen LogP contribution is 2.30. The molecule has 0 radical (unpaired) electrons. The van der Waals surface area contributed by atoms with E-state index in [1.54, 1.807) is 6.07 Å². The summed E-state index contributed by atoms with van der Waals surface area (Å²) in [5.41, 5.74) is 7.93. The van der Waals surface area contributed by atoms with Crippen LogP contribution in [0.3, 0.4) is 0 Å². The maximum Gasteiger partial charge on any atom is 0.123 e. The number of rotatable bonds is 9. The van der Waals surface area contributed by atoms with Crippen LogP contribution < -0.4 is 15.2 Å². The molecule has 1 unspecified atom stereocenters. The lowest BCUT2D eigenvalue weighted by Gasteiger charge is -2.20. The molecular weight excluding hydrogens is 317 g/mol. The van der Waals surface area contributed by atoms with Gasteiger partial charge in [0.2, 0.25) is 0 Å². The summed E-state index contributed by atoms with van der Waals surface area (Å²) >= 11 is 0. The summed E-state index contributed by atoms with van der Waals surface area (Å²) in [6.07, 6.45) is 0.707. The van der Waals surface area contributed by atoms with Gasteiger partial charge in [0.25, 0.3) is 0 Å². The van der Waals surface area contributed by atoms with E-state index in [-0.39, 0.29) is 11.7 Å². The zero-order valence-corrected chi connectivity index (χ0v) is 15.3. The van der Waals surface area contributed by atoms with E-state index in [9.17, 15) is 4.39 Å². The molecule has 2 aromatic rings. The minimum absolute atomic E-state index is 0.0161. The Balaban J connectivity index is 2.20. The van der Waals surface area contributed by atoms with Gasteiger partial charge < -0.3 is 15.2 Å². The molecule has 2 rings (SSSR count). The highest BCUT2D eigenvalue weighted by molar-refractivity contribution is 5.39. The lowest BCUT2D eigenvalue weighted by atomic mass is 9.91. The molecule has 0 aliphatic rings. The highest BCUT2D eigenvalue weighted by atomic mass is 19.1. The van der Waals surface area contributed by atoms with E-state index in [1.807, 2.05) is 31.2 Å². The third kappa shape index (κ3) is 5.75. The van der Waals surface area contributed by atoms with Gasteiger partial charge in [0.15, 0.2) is 0 Å². The van der Waals surface area contributed by atoms with Gasteiger partial charge in [-0.15, -0.1) is 0 Å². The number of halogens is 1. The molecule has 0 aliphatic carbocycles. The zero-order valence-electron chi connectivity index (χ0n) is 15.3. The topological polar surface area (TPSA) is 44.5 Å². The minimum atomic E-state index is -0.272. The standard InChI is InChI=1S/C21H28FNO2/c1-4-24-21-9-8-18(22)12-20(21)17(13-23)10-16-6-5-7-19(11-16)25-14-15(2)3/h5-9,11-12,15,17H,4,10,13-14,23H2,1-3H3. The van der Waals surface area contributed by atoms with Crippen molar-refractivity contribution in [3.63, 3.8) is 0 Å². The largest absolute Gasteiger partial charge is 0.494 e. The first-order valence-corrected chi connectivity index (χ1v) is 8.87. The molecule has 0 aliphatic heterocycles.